The number of rotatable bonds is 5. The van der Waals surface area contributed by atoms with Crippen LogP contribution in [0.15, 0.2) is 72.8 Å². The van der Waals surface area contributed by atoms with Gasteiger partial charge in [0.05, 0.1) is 24.1 Å². The van der Waals surface area contributed by atoms with Crippen molar-refractivity contribution in [2.45, 2.75) is 19.0 Å². The molecule has 2 saturated heterocycles. The van der Waals surface area contributed by atoms with E-state index in [0.29, 0.717) is 5.69 Å². The number of fused-ring (bicyclic) bond motifs is 1. The number of nitrogens with zero attached hydrogens (tertiary/aromatic N) is 1. The van der Waals surface area contributed by atoms with E-state index < -0.39 is 23.8 Å². The highest BCUT2D eigenvalue weighted by atomic mass is 16.5. The maximum absolute atomic E-state index is 13.3. The average molecular weight is 390 g/mol. The topological polar surface area (TPSA) is 75.7 Å². The van der Waals surface area contributed by atoms with Crippen LogP contribution in [0, 0.1) is 11.8 Å². The highest BCUT2D eigenvalue weighted by Gasteiger charge is 2.58. The van der Waals surface area contributed by atoms with E-state index in [0.717, 1.165) is 5.56 Å². The van der Waals surface area contributed by atoms with Crippen LogP contribution in [0.25, 0.3) is 0 Å². The molecule has 0 aromatic heterocycles. The largest absolute Gasteiger partial charge is 0.463 e. The predicted octanol–water partition coefficient (Wildman–Crippen LogP) is 2.62. The van der Waals surface area contributed by atoms with Crippen molar-refractivity contribution >= 4 is 23.5 Å². The zero-order valence-corrected chi connectivity index (χ0v) is 16.0. The van der Waals surface area contributed by atoms with Gasteiger partial charge in [0.1, 0.15) is 0 Å². The summed E-state index contributed by atoms with van der Waals surface area (Å²) in [4.78, 5) is 39.6. The zero-order chi connectivity index (χ0) is 20.4. The van der Waals surface area contributed by atoms with Crippen LogP contribution in [0.4, 0.5) is 5.69 Å². The molecule has 2 aliphatic rings. The molecule has 0 spiro atoms. The predicted molar refractivity (Wildman–Crippen MR) is 108 cm³/mol. The number of esters is 1. The second-order valence-electron chi connectivity index (χ2n) is 7.09. The van der Waals surface area contributed by atoms with Crippen LogP contribution in [0.5, 0.6) is 0 Å². The van der Waals surface area contributed by atoms with Gasteiger partial charge >= 0.3 is 5.97 Å². The number of carbonyl (C=O) groups excluding carboxylic acids is 3. The molecule has 2 heterocycles. The molecule has 0 saturated carbocycles. The van der Waals surface area contributed by atoms with Crippen molar-refractivity contribution in [3.8, 4) is 0 Å². The first-order valence-electron chi connectivity index (χ1n) is 9.70. The van der Waals surface area contributed by atoms with Crippen LogP contribution in [0.3, 0.4) is 0 Å². The van der Waals surface area contributed by atoms with E-state index in [1.165, 1.54) is 11.0 Å². The quantitative estimate of drug-likeness (QED) is 0.483. The maximum atomic E-state index is 13.3. The minimum atomic E-state index is -0.585. The summed E-state index contributed by atoms with van der Waals surface area (Å²) >= 11 is 0. The first-order valence-corrected chi connectivity index (χ1v) is 9.70. The van der Waals surface area contributed by atoms with Gasteiger partial charge in [0.15, 0.2) is 0 Å². The number of anilines is 1. The Morgan fingerprint density at radius 3 is 2.28 bits per heavy atom. The summed E-state index contributed by atoms with van der Waals surface area (Å²) in [6.45, 7) is 2.01. The molecular weight excluding hydrogens is 368 g/mol. The molecule has 2 aromatic carbocycles. The molecule has 2 fully saturated rings. The number of carbonyl (C=O) groups is 3. The third-order valence-corrected chi connectivity index (χ3v) is 5.42. The molecule has 0 aliphatic carbocycles. The number of benzene rings is 2. The lowest BCUT2D eigenvalue weighted by Crippen LogP contribution is -2.38. The summed E-state index contributed by atoms with van der Waals surface area (Å²) in [6.07, 6.45) is 2.97. The molecule has 2 aromatic rings. The second-order valence-corrected chi connectivity index (χ2v) is 7.09. The van der Waals surface area contributed by atoms with E-state index in [2.05, 4.69) is 5.32 Å². The molecule has 6 nitrogen and oxygen atoms in total. The SMILES string of the molecule is CCOC(=O)/C=C/[C@H]1N[C@H](c2ccccc2)[C@H]2C(=O)N(c3ccccc3)C(=O)[C@H]21. The minimum absolute atomic E-state index is 0.223. The summed E-state index contributed by atoms with van der Waals surface area (Å²) in [6, 6.07) is 17.8. The number of imide groups is 1. The average Bonchev–Trinajstić information content (AvgIpc) is 3.25. The molecule has 1 N–H and O–H groups in total. The van der Waals surface area contributed by atoms with Gasteiger partial charge in [-0.05, 0) is 24.6 Å². The van der Waals surface area contributed by atoms with E-state index in [4.69, 9.17) is 4.74 Å². The van der Waals surface area contributed by atoms with Crippen LogP contribution < -0.4 is 10.2 Å². The molecule has 2 amide bonds. The van der Waals surface area contributed by atoms with Crippen LogP contribution in [0.2, 0.25) is 0 Å². The Morgan fingerprint density at radius 2 is 1.62 bits per heavy atom. The maximum Gasteiger partial charge on any atom is 0.330 e. The Morgan fingerprint density at radius 1 is 1.00 bits per heavy atom. The number of nitrogens with one attached hydrogen (secondary N) is 1. The van der Waals surface area contributed by atoms with Crippen molar-refractivity contribution in [1.29, 1.82) is 0 Å². The third-order valence-electron chi connectivity index (χ3n) is 5.42. The van der Waals surface area contributed by atoms with Gasteiger partial charge in [0, 0.05) is 18.2 Å². The molecule has 0 radical (unpaired) electrons. The summed E-state index contributed by atoms with van der Waals surface area (Å²) in [5.41, 5.74) is 1.50. The number of hydrogen-bond acceptors (Lipinski definition) is 5. The normalized spacial score (nSPS) is 26.2. The molecule has 0 unspecified atom stereocenters. The first-order chi connectivity index (χ1) is 14.1. The Hall–Kier alpha value is -3.25. The molecular formula is C23H22N2O4. The lowest BCUT2D eigenvalue weighted by Gasteiger charge is -2.21. The molecule has 6 heteroatoms. The first kappa shape index (κ1) is 19.1. The van der Waals surface area contributed by atoms with Gasteiger partial charge in [-0.3, -0.25) is 9.59 Å². The molecule has 29 heavy (non-hydrogen) atoms. The second kappa shape index (κ2) is 8.01. The van der Waals surface area contributed by atoms with Crippen molar-refractivity contribution in [1.82, 2.24) is 5.32 Å². The third kappa shape index (κ3) is 3.47. The monoisotopic (exact) mass is 390 g/mol. The fourth-order valence-electron chi connectivity index (χ4n) is 4.20. The molecule has 148 valence electrons. The van der Waals surface area contributed by atoms with Crippen LogP contribution >= 0.6 is 0 Å². The minimum Gasteiger partial charge on any atom is -0.463 e. The van der Waals surface area contributed by atoms with Crippen LogP contribution in [-0.2, 0) is 19.1 Å². The van der Waals surface area contributed by atoms with Gasteiger partial charge < -0.3 is 10.1 Å². The number of hydrogen-bond donors (Lipinski definition) is 1. The van der Waals surface area contributed by atoms with Gasteiger partial charge in [-0.2, -0.15) is 0 Å². The number of ether oxygens (including phenoxy) is 1. The Labute approximate surface area is 169 Å². The van der Waals surface area contributed by atoms with E-state index in [1.54, 1.807) is 37.3 Å². The lowest BCUT2D eigenvalue weighted by molar-refractivity contribution is -0.137. The highest BCUT2D eigenvalue weighted by Crippen LogP contribution is 2.45. The fraction of sp³-hybridized carbons (Fsp3) is 0.261. The van der Waals surface area contributed by atoms with Gasteiger partial charge in [0.2, 0.25) is 11.8 Å². The summed E-state index contributed by atoms with van der Waals surface area (Å²) in [5.74, 6) is -2.07. The Kier molecular flexibility index (Phi) is 5.27. The van der Waals surface area contributed by atoms with Crippen LogP contribution in [-0.4, -0.2) is 30.4 Å². The smallest absolute Gasteiger partial charge is 0.330 e. The number of para-hydroxylation sites is 1. The highest BCUT2D eigenvalue weighted by molar-refractivity contribution is 6.23. The van der Waals surface area contributed by atoms with E-state index in [1.807, 2.05) is 36.4 Å². The Balaban J connectivity index is 1.70. The number of amides is 2. The lowest BCUT2D eigenvalue weighted by atomic mass is 9.86. The van der Waals surface area contributed by atoms with Gasteiger partial charge in [-0.1, -0.05) is 54.6 Å². The van der Waals surface area contributed by atoms with E-state index in [9.17, 15) is 14.4 Å². The Bertz CT molecular complexity index is 942. The van der Waals surface area contributed by atoms with E-state index >= 15 is 0 Å². The molecule has 0 bridgehead atoms. The van der Waals surface area contributed by atoms with Crippen molar-refractivity contribution in [2.24, 2.45) is 11.8 Å². The zero-order valence-electron chi connectivity index (χ0n) is 16.0. The van der Waals surface area contributed by atoms with Crippen molar-refractivity contribution in [2.75, 3.05) is 11.5 Å². The van der Waals surface area contributed by atoms with Crippen molar-refractivity contribution in [3.05, 3.63) is 78.4 Å². The fourth-order valence-corrected chi connectivity index (χ4v) is 4.20. The standard InChI is InChI=1S/C23H22N2O4/c1-2-29-18(26)14-13-17-19-20(21(24-17)15-9-5-3-6-10-15)23(28)25(22(19)27)16-11-7-4-8-12-16/h3-14,17,19-21,24H,2H2,1H3/b14-13+/t17-,19+,20+,21-/m1/s1. The summed E-state index contributed by atoms with van der Waals surface area (Å²) in [7, 11) is 0. The summed E-state index contributed by atoms with van der Waals surface area (Å²) in [5, 5.41) is 3.38. The molecule has 4 rings (SSSR count). The van der Waals surface area contributed by atoms with Crippen molar-refractivity contribution < 1.29 is 19.1 Å². The van der Waals surface area contributed by atoms with Crippen molar-refractivity contribution in [3.63, 3.8) is 0 Å². The van der Waals surface area contributed by atoms with Gasteiger partial charge in [-0.15, -0.1) is 0 Å². The van der Waals surface area contributed by atoms with Gasteiger partial charge in [-0.25, -0.2) is 9.69 Å². The molecule has 2 aliphatic heterocycles. The summed E-state index contributed by atoms with van der Waals surface area (Å²) < 4.78 is 4.95. The van der Waals surface area contributed by atoms with E-state index in [-0.39, 0.29) is 24.5 Å². The van der Waals surface area contributed by atoms with Gasteiger partial charge in [0.25, 0.3) is 0 Å². The molecule has 4 atom stereocenters. The van der Waals surface area contributed by atoms with Crippen LogP contribution in [0.1, 0.15) is 18.5 Å².